The summed E-state index contributed by atoms with van der Waals surface area (Å²) in [7, 11) is 0. The molecule has 0 saturated carbocycles. The van der Waals surface area contributed by atoms with E-state index >= 15 is 0 Å². The highest BCUT2D eigenvalue weighted by Crippen LogP contribution is 2.15. The molecule has 2 heteroatoms. The van der Waals surface area contributed by atoms with E-state index in [9.17, 15) is 0 Å². The molecule has 15 heavy (non-hydrogen) atoms. The topological polar surface area (TPSA) is 21.3 Å². The lowest BCUT2D eigenvalue weighted by Gasteiger charge is -2.28. The maximum Gasteiger partial charge on any atom is 0.0625 e. The number of nitrogens with one attached hydrogen (secondary N) is 1. The third-order valence-corrected chi connectivity index (χ3v) is 2.95. The Morgan fingerprint density at radius 3 is 2.07 bits per heavy atom. The van der Waals surface area contributed by atoms with E-state index in [4.69, 9.17) is 4.74 Å². The Balaban J connectivity index is 4.04. The lowest BCUT2D eigenvalue weighted by atomic mass is 9.90. The third-order valence-electron chi connectivity index (χ3n) is 2.95. The van der Waals surface area contributed by atoms with Gasteiger partial charge in [-0.05, 0) is 38.6 Å². The highest BCUT2D eigenvalue weighted by Gasteiger charge is 2.19. The number of hydrogen-bond donors (Lipinski definition) is 1. The lowest BCUT2D eigenvalue weighted by Crippen LogP contribution is -2.41. The molecular formula is C13H29NO. The van der Waals surface area contributed by atoms with E-state index < -0.39 is 0 Å². The Morgan fingerprint density at radius 2 is 1.67 bits per heavy atom. The Labute approximate surface area is 95.8 Å². The first-order chi connectivity index (χ1) is 6.99. The van der Waals surface area contributed by atoms with Crippen LogP contribution in [0.15, 0.2) is 0 Å². The van der Waals surface area contributed by atoms with E-state index in [1.807, 2.05) is 0 Å². The monoisotopic (exact) mass is 215 g/mol. The average molecular weight is 215 g/mol. The van der Waals surface area contributed by atoms with Crippen LogP contribution in [0.5, 0.6) is 0 Å². The second-order valence-electron chi connectivity index (χ2n) is 5.05. The molecule has 0 aromatic heterocycles. The summed E-state index contributed by atoms with van der Waals surface area (Å²) in [6, 6.07) is 0.493. The summed E-state index contributed by atoms with van der Waals surface area (Å²) < 4.78 is 5.71. The molecule has 0 heterocycles. The number of ether oxygens (including phenoxy) is 1. The molecule has 2 atom stereocenters. The molecule has 0 amide bonds. The van der Waals surface area contributed by atoms with E-state index in [0.717, 1.165) is 13.2 Å². The Morgan fingerprint density at radius 1 is 1.07 bits per heavy atom. The SMILES string of the molecule is CCCNC(COC(C)C)C(C)C(C)C. The first kappa shape index (κ1) is 14.9. The van der Waals surface area contributed by atoms with Crippen molar-refractivity contribution in [3.05, 3.63) is 0 Å². The molecule has 0 aliphatic heterocycles. The van der Waals surface area contributed by atoms with E-state index in [1.165, 1.54) is 6.42 Å². The Kier molecular flexibility index (Phi) is 8.07. The van der Waals surface area contributed by atoms with Crippen LogP contribution in [-0.2, 0) is 4.74 Å². The van der Waals surface area contributed by atoms with Crippen LogP contribution in [0.4, 0.5) is 0 Å². The summed E-state index contributed by atoms with van der Waals surface area (Å²) in [5.41, 5.74) is 0. The van der Waals surface area contributed by atoms with E-state index in [0.29, 0.717) is 24.0 Å². The molecule has 0 spiro atoms. The predicted octanol–water partition coefficient (Wildman–Crippen LogP) is 3.07. The molecule has 0 aromatic rings. The zero-order valence-corrected chi connectivity index (χ0v) is 11.3. The van der Waals surface area contributed by atoms with E-state index in [-0.39, 0.29) is 0 Å². The molecule has 0 aliphatic carbocycles. The normalized spacial score (nSPS) is 16.0. The van der Waals surface area contributed by atoms with Gasteiger partial charge in [0.05, 0.1) is 12.7 Å². The summed E-state index contributed by atoms with van der Waals surface area (Å²) in [5, 5.41) is 3.58. The molecule has 92 valence electrons. The van der Waals surface area contributed by atoms with Crippen molar-refractivity contribution in [2.24, 2.45) is 11.8 Å². The molecule has 0 bridgehead atoms. The predicted molar refractivity (Wildman–Crippen MR) is 67.2 cm³/mol. The van der Waals surface area contributed by atoms with Gasteiger partial charge < -0.3 is 10.1 Å². The van der Waals surface area contributed by atoms with E-state index in [2.05, 4.69) is 46.9 Å². The summed E-state index contributed by atoms with van der Waals surface area (Å²) in [6.45, 7) is 15.2. The quantitative estimate of drug-likeness (QED) is 0.672. The fraction of sp³-hybridized carbons (Fsp3) is 1.00. The second kappa shape index (κ2) is 8.12. The van der Waals surface area contributed by atoms with Crippen molar-refractivity contribution in [1.82, 2.24) is 5.32 Å². The van der Waals surface area contributed by atoms with Gasteiger partial charge in [-0.15, -0.1) is 0 Å². The van der Waals surface area contributed by atoms with Gasteiger partial charge in [0.2, 0.25) is 0 Å². The molecule has 0 radical (unpaired) electrons. The van der Waals surface area contributed by atoms with Gasteiger partial charge in [0.25, 0.3) is 0 Å². The smallest absolute Gasteiger partial charge is 0.0625 e. The van der Waals surface area contributed by atoms with Gasteiger partial charge in [-0.2, -0.15) is 0 Å². The van der Waals surface area contributed by atoms with Crippen LogP contribution in [0.25, 0.3) is 0 Å². The lowest BCUT2D eigenvalue weighted by molar-refractivity contribution is 0.0445. The summed E-state index contributed by atoms with van der Waals surface area (Å²) in [4.78, 5) is 0. The maximum atomic E-state index is 5.71. The van der Waals surface area contributed by atoms with Gasteiger partial charge in [0.15, 0.2) is 0 Å². The maximum absolute atomic E-state index is 5.71. The van der Waals surface area contributed by atoms with Gasteiger partial charge in [-0.1, -0.05) is 27.7 Å². The van der Waals surface area contributed by atoms with Gasteiger partial charge in [-0.25, -0.2) is 0 Å². The van der Waals surface area contributed by atoms with Crippen LogP contribution in [0.2, 0.25) is 0 Å². The van der Waals surface area contributed by atoms with Crippen LogP contribution in [0.1, 0.15) is 48.0 Å². The largest absolute Gasteiger partial charge is 0.377 e. The van der Waals surface area contributed by atoms with Crippen molar-refractivity contribution < 1.29 is 4.74 Å². The summed E-state index contributed by atoms with van der Waals surface area (Å²) in [5.74, 6) is 1.37. The van der Waals surface area contributed by atoms with Crippen molar-refractivity contribution in [3.63, 3.8) is 0 Å². The van der Waals surface area contributed by atoms with Gasteiger partial charge >= 0.3 is 0 Å². The summed E-state index contributed by atoms with van der Waals surface area (Å²) in [6.07, 6.45) is 1.51. The molecule has 2 unspecified atom stereocenters. The first-order valence-electron chi connectivity index (χ1n) is 6.34. The molecule has 2 nitrogen and oxygen atoms in total. The van der Waals surface area contributed by atoms with Crippen molar-refractivity contribution >= 4 is 0 Å². The van der Waals surface area contributed by atoms with Crippen LogP contribution >= 0.6 is 0 Å². The molecule has 0 fully saturated rings. The van der Waals surface area contributed by atoms with Crippen LogP contribution < -0.4 is 5.32 Å². The first-order valence-corrected chi connectivity index (χ1v) is 6.34. The fourth-order valence-electron chi connectivity index (χ4n) is 1.49. The molecule has 0 aromatic carbocycles. The minimum Gasteiger partial charge on any atom is -0.377 e. The third kappa shape index (κ3) is 6.91. The second-order valence-corrected chi connectivity index (χ2v) is 5.05. The van der Waals surface area contributed by atoms with Crippen molar-refractivity contribution in [2.45, 2.75) is 60.1 Å². The molecule has 0 aliphatic rings. The standard InChI is InChI=1S/C13H29NO/c1-7-8-14-13(9-15-11(4)5)12(6)10(2)3/h10-14H,7-9H2,1-6H3. The molecule has 0 saturated heterocycles. The minimum atomic E-state index is 0.329. The van der Waals surface area contributed by atoms with Crippen molar-refractivity contribution in [1.29, 1.82) is 0 Å². The van der Waals surface area contributed by atoms with Crippen LogP contribution in [-0.4, -0.2) is 25.3 Å². The fourth-order valence-corrected chi connectivity index (χ4v) is 1.49. The van der Waals surface area contributed by atoms with Gasteiger partial charge in [0, 0.05) is 6.04 Å². The summed E-state index contributed by atoms with van der Waals surface area (Å²) >= 11 is 0. The zero-order valence-electron chi connectivity index (χ0n) is 11.3. The number of hydrogen-bond acceptors (Lipinski definition) is 2. The van der Waals surface area contributed by atoms with Crippen molar-refractivity contribution in [2.75, 3.05) is 13.2 Å². The van der Waals surface area contributed by atoms with Crippen LogP contribution in [0.3, 0.4) is 0 Å². The number of rotatable bonds is 8. The molecule has 0 rings (SSSR count). The average Bonchev–Trinajstić information content (AvgIpc) is 2.16. The molecular weight excluding hydrogens is 186 g/mol. The Hall–Kier alpha value is -0.0800. The minimum absolute atomic E-state index is 0.329. The highest BCUT2D eigenvalue weighted by molar-refractivity contribution is 4.75. The van der Waals surface area contributed by atoms with Crippen molar-refractivity contribution in [3.8, 4) is 0 Å². The van der Waals surface area contributed by atoms with E-state index in [1.54, 1.807) is 0 Å². The highest BCUT2D eigenvalue weighted by atomic mass is 16.5. The zero-order chi connectivity index (χ0) is 11.8. The van der Waals surface area contributed by atoms with Crippen LogP contribution in [0, 0.1) is 11.8 Å². The van der Waals surface area contributed by atoms with Gasteiger partial charge in [0.1, 0.15) is 0 Å². The molecule has 1 N–H and O–H groups in total. The van der Waals surface area contributed by atoms with Gasteiger partial charge in [-0.3, -0.25) is 0 Å². The Bertz CT molecular complexity index is 145.